The Kier molecular flexibility index (Phi) is 4.30. The van der Waals surface area contributed by atoms with Gasteiger partial charge in [-0.15, -0.1) is 0 Å². The lowest BCUT2D eigenvalue weighted by molar-refractivity contribution is 0.373. The Balaban J connectivity index is 2.01. The number of ether oxygens (including phenoxy) is 1. The fraction of sp³-hybridized carbons (Fsp3) is 0.500. The van der Waals surface area contributed by atoms with Gasteiger partial charge in [0.2, 0.25) is 0 Å². The van der Waals surface area contributed by atoms with Crippen molar-refractivity contribution in [2.24, 2.45) is 0 Å². The predicted molar refractivity (Wildman–Crippen MR) is 71.7 cm³/mol. The Morgan fingerprint density at radius 1 is 1.56 bits per heavy atom. The van der Waals surface area contributed by atoms with Crippen molar-refractivity contribution in [2.75, 3.05) is 20.2 Å². The molecule has 4 heteroatoms. The summed E-state index contributed by atoms with van der Waals surface area (Å²) in [5, 5.41) is 0. The highest BCUT2D eigenvalue weighted by Crippen LogP contribution is 2.29. The first-order chi connectivity index (χ1) is 7.69. The van der Waals surface area contributed by atoms with Gasteiger partial charge in [-0.25, -0.2) is 4.31 Å². The van der Waals surface area contributed by atoms with Crippen molar-refractivity contribution in [1.82, 2.24) is 4.31 Å². The van der Waals surface area contributed by atoms with Crippen LogP contribution in [-0.2, 0) is 11.2 Å². The van der Waals surface area contributed by atoms with Gasteiger partial charge in [-0.2, -0.15) is 0 Å². The molecule has 1 aliphatic rings. The van der Waals surface area contributed by atoms with E-state index < -0.39 is 0 Å². The molecule has 0 aromatic heterocycles. The number of nitrogens with zero attached hydrogens (tertiary/aromatic N) is 1. The molecule has 1 atom stereocenters. The lowest BCUT2D eigenvalue weighted by atomic mass is 10.2. The van der Waals surface area contributed by atoms with E-state index in [0.717, 1.165) is 24.0 Å². The van der Waals surface area contributed by atoms with Gasteiger partial charge >= 0.3 is 0 Å². The lowest BCUT2D eigenvalue weighted by Gasteiger charge is -2.16. The van der Waals surface area contributed by atoms with Crippen LogP contribution in [0, 0.1) is 0 Å². The molecule has 1 heterocycles. The molecule has 0 aliphatic carbocycles. The maximum atomic E-state index is 5.23. The maximum Gasteiger partial charge on any atom is 0.0945 e. The van der Waals surface area contributed by atoms with Crippen LogP contribution in [0.2, 0.25) is 0 Å². The number of hydrogen-bond donors (Lipinski definition) is 0. The van der Waals surface area contributed by atoms with Gasteiger partial charge in [-0.3, -0.25) is 0 Å². The van der Waals surface area contributed by atoms with Gasteiger partial charge in [0.05, 0.1) is 12.7 Å². The molecule has 1 aromatic carbocycles. The second-order valence-corrected chi connectivity index (χ2v) is 6.12. The van der Waals surface area contributed by atoms with Crippen molar-refractivity contribution in [3.8, 4) is 0 Å². The molecule has 1 aliphatic heterocycles. The molecular weight excluding hydrogens is 286 g/mol. The maximum absolute atomic E-state index is 5.23. The molecule has 1 aromatic rings. The molecule has 0 radical (unpaired) electrons. The van der Waals surface area contributed by atoms with Gasteiger partial charge in [0.25, 0.3) is 0 Å². The van der Waals surface area contributed by atoms with E-state index in [1.807, 2.05) is 0 Å². The number of hydrogen-bond acceptors (Lipinski definition) is 3. The summed E-state index contributed by atoms with van der Waals surface area (Å²) in [6, 6.07) is 6.48. The molecular formula is C12H16BrNOS. The molecule has 88 valence electrons. The number of benzene rings is 1. The fourth-order valence-corrected chi connectivity index (χ4v) is 3.01. The van der Waals surface area contributed by atoms with Crippen molar-refractivity contribution in [1.29, 1.82) is 0 Å². The zero-order chi connectivity index (χ0) is 11.5. The summed E-state index contributed by atoms with van der Waals surface area (Å²) in [6.45, 7) is 4.12. The van der Waals surface area contributed by atoms with Crippen molar-refractivity contribution < 1.29 is 4.74 Å². The Morgan fingerprint density at radius 3 is 2.94 bits per heavy atom. The molecule has 0 bridgehead atoms. The predicted octanol–water partition coefficient (Wildman–Crippen LogP) is 3.35. The molecule has 16 heavy (non-hydrogen) atoms. The van der Waals surface area contributed by atoms with Crippen LogP contribution in [0.4, 0.5) is 0 Å². The minimum Gasteiger partial charge on any atom is -0.372 e. The van der Waals surface area contributed by atoms with Gasteiger partial charge in [0.1, 0.15) is 0 Å². The van der Waals surface area contributed by atoms with Crippen molar-refractivity contribution in [3.63, 3.8) is 0 Å². The average molecular weight is 302 g/mol. The molecule has 0 amide bonds. The molecule has 2 rings (SSSR count). The summed E-state index contributed by atoms with van der Waals surface area (Å²) in [5.41, 5.74) is 1.39. The topological polar surface area (TPSA) is 15.8 Å². The van der Waals surface area contributed by atoms with Gasteiger partial charge in [-0.1, -0.05) is 22.9 Å². The Labute approximate surface area is 110 Å². The van der Waals surface area contributed by atoms with E-state index >= 15 is 0 Å². The first kappa shape index (κ1) is 12.4. The second kappa shape index (κ2) is 5.54. The number of likely N-dealkylation sites (N-methyl/N-ethyl adjacent to an activating group) is 1. The summed E-state index contributed by atoms with van der Waals surface area (Å²) in [7, 11) is 2.12. The van der Waals surface area contributed by atoms with Gasteiger partial charge in [0.15, 0.2) is 0 Å². The Morgan fingerprint density at radius 2 is 2.31 bits per heavy atom. The third-order valence-corrected chi connectivity index (χ3v) is 4.07. The average Bonchev–Trinajstić information content (AvgIpc) is 3.04. The number of rotatable bonds is 5. The van der Waals surface area contributed by atoms with E-state index in [9.17, 15) is 0 Å². The van der Waals surface area contributed by atoms with Crippen LogP contribution >= 0.6 is 27.9 Å². The highest BCUT2D eigenvalue weighted by Gasteiger charge is 2.24. The van der Waals surface area contributed by atoms with Crippen LogP contribution in [0.5, 0.6) is 0 Å². The van der Waals surface area contributed by atoms with E-state index in [0.29, 0.717) is 6.10 Å². The third-order valence-electron chi connectivity index (χ3n) is 2.52. The van der Waals surface area contributed by atoms with Crippen molar-refractivity contribution >= 4 is 27.9 Å². The van der Waals surface area contributed by atoms with Crippen molar-refractivity contribution in [2.45, 2.75) is 24.3 Å². The molecule has 0 saturated carbocycles. The standard InChI is InChI=1S/C12H16BrNOS/c1-3-9-6-10(13)4-5-12(9)16-14(2)7-11-8-15-11/h4-6,11H,3,7-8H2,1-2H3/t11-/m0/s1. The summed E-state index contributed by atoms with van der Waals surface area (Å²) < 4.78 is 8.63. The SMILES string of the molecule is CCc1cc(Br)ccc1SN(C)C[C@H]1CO1. The van der Waals surface area contributed by atoms with Gasteiger partial charge in [-0.05, 0) is 49.2 Å². The van der Waals surface area contributed by atoms with Crippen LogP contribution < -0.4 is 0 Å². The second-order valence-electron chi connectivity index (χ2n) is 3.96. The van der Waals surface area contributed by atoms with E-state index in [4.69, 9.17) is 4.74 Å². The van der Waals surface area contributed by atoms with Crippen molar-refractivity contribution in [3.05, 3.63) is 28.2 Å². The first-order valence-corrected chi connectivity index (χ1v) is 7.05. The summed E-state index contributed by atoms with van der Waals surface area (Å²) >= 11 is 5.32. The van der Waals surface area contributed by atoms with E-state index in [1.54, 1.807) is 11.9 Å². The highest BCUT2D eigenvalue weighted by molar-refractivity contribution is 9.10. The molecule has 0 unspecified atom stereocenters. The molecule has 2 nitrogen and oxygen atoms in total. The van der Waals surface area contributed by atoms with Crippen LogP contribution in [-0.4, -0.2) is 30.6 Å². The normalized spacial score (nSPS) is 19.1. The Bertz CT molecular complexity index is 368. The fourth-order valence-electron chi connectivity index (χ4n) is 1.58. The zero-order valence-corrected chi connectivity index (χ0v) is 12.0. The van der Waals surface area contributed by atoms with E-state index in [-0.39, 0.29) is 0 Å². The third kappa shape index (κ3) is 3.48. The monoisotopic (exact) mass is 301 g/mol. The largest absolute Gasteiger partial charge is 0.372 e. The van der Waals surface area contributed by atoms with E-state index in [2.05, 4.69) is 52.4 Å². The van der Waals surface area contributed by atoms with Crippen LogP contribution in [0.15, 0.2) is 27.6 Å². The van der Waals surface area contributed by atoms with Gasteiger partial charge < -0.3 is 4.74 Å². The first-order valence-electron chi connectivity index (χ1n) is 5.48. The van der Waals surface area contributed by atoms with Crippen LogP contribution in [0.3, 0.4) is 0 Å². The molecule has 1 saturated heterocycles. The van der Waals surface area contributed by atoms with E-state index in [1.165, 1.54) is 10.5 Å². The van der Waals surface area contributed by atoms with Crippen LogP contribution in [0.25, 0.3) is 0 Å². The minimum absolute atomic E-state index is 0.457. The molecule has 0 N–H and O–H groups in total. The summed E-state index contributed by atoms with van der Waals surface area (Å²) in [4.78, 5) is 1.34. The van der Waals surface area contributed by atoms with Gasteiger partial charge in [0, 0.05) is 15.9 Å². The molecule has 0 spiro atoms. The van der Waals surface area contributed by atoms with Crippen LogP contribution in [0.1, 0.15) is 12.5 Å². The number of aryl methyl sites for hydroxylation is 1. The lowest BCUT2D eigenvalue weighted by Crippen LogP contribution is -2.15. The smallest absolute Gasteiger partial charge is 0.0945 e. The molecule has 1 fully saturated rings. The summed E-state index contributed by atoms with van der Waals surface area (Å²) in [5.74, 6) is 0. The highest BCUT2D eigenvalue weighted by atomic mass is 79.9. The Hall–Kier alpha value is -0.0300. The zero-order valence-electron chi connectivity index (χ0n) is 9.57. The quantitative estimate of drug-likeness (QED) is 0.613. The number of halogens is 1. The summed E-state index contributed by atoms with van der Waals surface area (Å²) in [6.07, 6.45) is 1.52. The number of epoxide rings is 1. The minimum atomic E-state index is 0.457.